The Bertz CT molecular complexity index is 1830. The van der Waals surface area contributed by atoms with Gasteiger partial charge >= 0.3 is 12.1 Å². The fraction of sp³-hybridized carbons (Fsp3) is 0.286. The van der Waals surface area contributed by atoms with Crippen LogP contribution in [0.3, 0.4) is 0 Å². The third-order valence-corrected chi connectivity index (χ3v) is 9.88. The maximum absolute atomic E-state index is 14.6. The molecule has 48 heavy (non-hydrogen) atoms. The first kappa shape index (κ1) is 33.1. The highest BCUT2D eigenvalue weighted by Gasteiger charge is 2.58. The Morgan fingerprint density at radius 2 is 1.67 bits per heavy atom. The Morgan fingerprint density at radius 1 is 1.02 bits per heavy atom. The second-order valence-electron chi connectivity index (χ2n) is 12.4. The van der Waals surface area contributed by atoms with E-state index in [1.54, 1.807) is 32.9 Å². The average molecular weight is 689 g/mol. The standard InChI is InChI=1S/C35H33ClN4O7S/c1-35(2,3)47-34(44)39-26-31(42)40-27(33(43)46-28(20-11-6-4-7-12-20)21-13-8-5-9-14-21)24(19-48(45)32(26)40)25(23-16-18-38-30(23)41)22-15-10-17-37-29(22)36/h4-15,17,26,28,32H,16,18-19H2,1-3H3,(H,38,41)(H,39,44)/t26-,32-,48+/m1/s1. The number of alkyl carbamates (subject to hydrolysis) is 1. The number of hydrogen-bond acceptors (Lipinski definition) is 8. The second-order valence-corrected chi connectivity index (χ2v) is 14.3. The van der Waals surface area contributed by atoms with Gasteiger partial charge < -0.3 is 20.1 Å². The molecule has 3 atom stereocenters. The Morgan fingerprint density at radius 3 is 2.23 bits per heavy atom. The third kappa shape index (κ3) is 6.50. The summed E-state index contributed by atoms with van der Waals surface area (Å²) in [6, 6.07) is 20.3. The monoisotopic (exact) mass is 688 g/mol. The van der Waals surface area contributed by atoms with Crippen molar-refractivity contribution in [2.45, 2.75) is 50.3 Å². The number of rotatable bonds is 7. The lowest BCUT2D eigenvalue weighted by Crippen LogP contribution is -2.73. The van der Waals surface area contributed by atoms with Crippen molar-refractivity contribution in [2.75, 3.05) is 12.3 Å². The van der Waals surface area contributed by atoms with Gasteiger partial charge in [-0.1, -0.05) is 72.3 Å². The molecule has 3 aromatic rings. The number of β-lactam (4-membered cyclic amide) rings is 1. The number of allylic oxidation sites excluding steroid dienone is 1. The van der Waals surface area contributed by atoms with Crippen LogP contribution in [0.25, 0.3) is 5.57 Å². The number of pyridine rings is 1. The molecule has 0 spiro atoms. The number of nitrogens with zero attached hydrogens (tertiary/aromatic N) is 2. The van der Waals surface area contributed by atoms with Crippen molar-refractivity contribution < 1.29 is 32.9 Å². The molecule has 3 amide bonds. The first-order valence-corrected chi connectivity index (χ1v) is 17.1. The molecule has 3 aliphatic heterocycles. The summed E-state index contributed by atoms with van der Waals surface area (Å²) in [6.45, 7) is 5.37. The largest absolute Gasteiger partial charge is 0.448 e. The molecule has 13 heteroatoms. The molecule has 2 saturated heterocycles. The average Bonchev–Trinajstić information content (AvgIpc) is 3.48. The van der Waals surface area contributed by atoms with Crippen LogP contribution in [0.15, 0.2) is 95.8 Å². The van der Waals surface area contributed by atoms with Crippen molar-refractivity contribution in [1.82, 2.24) is 20.5 Å². The summed E-state index contributed by atoms with van der Waals surface area (Å²) >= 11 is 6.58. The topological polar surface area (TPSA) is 144 Å². The zero-order valence-electron chi connectivity index (χ0n) is 26.4. The number of ether oxygens (including phenoxy) is 2. The van der Waals surface area contributed by atoms with Gasteiger partial charge in [0.1, 0.15) is 27.9 Å². The van der Waals surface area contributed by atoms with E-state index in [9.17, 15) is 23.4 Å². The fourth-order valence-corrected chi connectivity index (χ4v) is 7.86. The first-order chi connectivity index (χ1) is 22.9. The highest BCUT2D eigenvalue weighted by molar-refractivity contribution is 7.86. The zero-order chi connectivity index (χ0) is 34.2. The summed E-state index contributed by atoms with van der Waals surface area (Å²) < 4.78 is 25.6. The van der Waals surface area contributed by atoms with E-state index in [-0.39, 0.29) is 40.1 Å². The van der Waals surface area contributed by atoms with Crippen LogP contribution >= 0.6 is 11.6 Å². The summed E-state index contributed by atoms with van der Waals surface area (Å²) in [5.41, 5.74) is 1.37. The molecule has 0 aliphatic carbocycles. The molecule has 2 N–H and O–H groups in total. The predicted molar refractivity (Wildman–Crippen MR) is 178 cm³/mol. The van der Waals surface area contributed by atoms with Gasteiger partial charge in [-0.3, -0.25) is 18.7 Å². The van der Waals surface area contributed by atoms with Gasteiger partial charge in [0.05, 0.1) is 16.6 Å². The Labute approximate surface area is 284 Å². The second kappa shape index (κ2) is 13.4. The van der Waals surface area contributed by atoms with Crippen LogP contribution < -0.4 is 10.6 Å². The molecule has 3 aliphatic rings. The lowest BCUT2D eigenvalue weighted by Gasteiger charge is -2.49. The van der Waals surface area contributed by atoms with E-state index in [4.69, 9.17) is 21.1 Å². The van der Waals surface area contributed by atoms with E-state index in [2.05, 4.69) is 15.6 Å². The molecule has 2 fully saturated rings. The number of amides is 3. The molecule has 0 bridgehead atoms. The molecule has 0 saturated carbocycles. The molecule has 1 aromatic heterocycles. The number of hydrogen-bond donors (Lipinski definition) is 2. The number of fused-ring (bicyclic) bond motifs is 1. The van der Waals surface area contributed by atoms with Crippen LogP contribution in [0.2, 0.25) is 5.15 Å². The number of nitrogens with one attached hydrogen (secondary N) is 2. The van der Waals surface area contributed by atoms with Gasteiger partial charge in [0.15, 0.2) is 6.10 Å². The van der Waals surface area contributed by atoms with Crippen molar-refractivity contribution in [1.29, 1.82) is 0 Å². The molecule has 248 valence electrons. The number of aromatic nitrogens is 1. The van der Waals surface area contributed by atoms with Crippen LogP contribution in [0.4, 0.5) is 4.79 Å². The van der Waals surface area contributed by atoms with E-state index >= 15 is 0 Å². The summed E-state index contributed by atoms with van der Waals surface area (Å²) in [6.07, 6.45) is 0.0310. The normalized spacial score (nSPS) is 21.7. The lowest BCUT2D eigenvalue weighted by molar-refractivity contribution is -0.153. The minimum Gasteiger partial charge on any atom is -0.448 e. The van der Waals surface area contributed by atoms with Gasteiger partial charge in [0.2, 0.25) is 5.91 Å². The van der Waals surface area contributed by atoms with Crippen molar-refractivity contribution in [3.63, 3.8) is 0 Å². The molecule has 4 heterocycles. The number of benzene rings is 2. The van der Waals surface area contributed by atoms with E-state index < -0.39 is 51.9 Å². The smallest absolute Gasteiger partial charge is 0.408 e. The highest BCUT2D eigenvalue weighted by Crippen LogP contribution is 2.44. The van der Waals surface area contributed by atoms with Gasteiger partial charge in [-0.15, -0.1) is 0 Å². The summed E-state index contributed by atoms with van der Waals surface area (Å²) in [5.74, 6) is -2.20. The molecule has 6 rings (SSSR count). The van der Waals surface area contributed by atoms with E-state index in [0.29, 0.717) is 28.8 Å². The molecule has 11 nitrogen and oxygen atoms in total. The summed E-state index contributed by atoms with van der Waals surface area (Å²) in [4.78, 5) is 59.6. The Kier molecular flexibility index (Phi) is 9.22. The summed E-state index contributed by atoms with van der Waals surface area (Å²) in [5, 5.41) is 4.26. The summed E-state index contributed by atoms with van der Waals surface area (Å²) in [7, 11) is -1.84. The van der Waals surface area contributed by atoms with Crippen molar-refractivity contribution in [3.8, 4) is 0 Å². The Hall–Kier alpha value is -4.81. The minimum absolute atomic E-state index is 0.0543. The SMILES string of the molecule is CC(C)(C)OC(=O)N[C@@H]1C(=O)N2C(C(=O)OC(c3ccccc3)c3ccccc3)=C(C(=C3CCNC3=O)c3cccnc3Cl)C[S@](=O)[C@H]12. The number of carbonyl (C=O) groups is 4. The van der Waals surface area contributed by atoms with Crippen LogP contribution in [-0.4, -0.2) is 67.3 Å². The van der Waals surface area contributed by atoms with Gasteiger partial charge in [0.25, 0.3) is 5.91 Å². The van der Waals surface area contributed by atoms with E-state index in [1.807, 2.05) is 60.7 Å². The molecule has 0 unspecified atom stereocenters. The van der Waals surface area contributed by atoms with Crippen LogP contribution in [-0.2, 0) is 34.7 Å². The predicted octanol–water partition coefficient (Wildman–Crippen LogP) is 4.42. The Balaban J connectivity index is 1.50. The quantitative estimate of drug-likeness (QED) is 0.161. The van der Waals surface area contributed by atoms with Crippen LogP contribution in [0.5, 0.6) is 0 Å². The zero-order valence-corrected chi connectivity index (χ0v) is 28.0. The van der Waals surface area contributed by atoms with Gasteiger partial charge in [0, 0.05) is 29.5 Å². The lowest BCUT2D eigenvalue weighted by atomic mass is 9.90. The number of carbonyl (C=O) groups excluding carboxylic acids is 4. The number of esters is 1. The first-order valence-electron chi connectivity index (χ1n) is 15.3. The van der Waals surface area contributed by atoms with E-state index in [0.717, 1.165) is 4.90 Å². The van der Waals surface area contributed by atoms with Gasteiger partial charge in [-0.2, -0.15) is 0 Å². The fourth-order valence-electron chi connectivity index (χ4n) is 5.98. The molecular formula is C35H33ClN4O7S. The minimum atomic E-state index is -1.84. The van der Waals surface area contributed by atoms with Crippen LogP contribution in [0.1, 0.15) is 50.0 Å². The maximum Gasteiger partial charge on any atom is 0.408 e. The number of halogens is 1. The van der Waals surface area contributed by atoms with Crippen molar-refractivity contribution >= 4 is 51.9 Å². The van der Waals surface area contributed by atoms with Crippen molar-refractivity contribution in [3.05, 3.63) is 118 Å². The maximum atomic E-state index is 14.6. The molecular weight excluding hydrogens is 656 g/mol. The van der Waals surface area contributed by atoms with Gasteiger partial charge in [-0.25, -0.2) is 14.6 Å². The van der Waals surface area contributed by atoms with Crippen LogP contribution in [0, 0.1) is 0 Å². The highest BCUT2D eigenvalue weighted by atomic mass is 35.5. The third-order valence-electron chi connectivity index (χ3n) is 7.99. The van der Waals surface area contributed by atoms with Crippen molar-refractivity contribution in [2.24, 2.45) is 0 Å². The van der Waals surface area contributed by atoms with Gasteiger partial charge in [-0.05, 0) is 56.0 Å². The molecule has 2 aromatic carbocycles. The molecule has 0 radical (unpaired) electrons. The van der Waals surface area contributed by atoms with E-state index in [1.165, 1.54) is 6.20 Å².